The normalized spacial score (nSPS) is 25.9. The number of para-hydroxylation sites is 2. The Morgan fingerprint density at radius 2 is 1.75 bits per heavy atom. The van der Waals surface area contributed by atoms with E-state index in [0.29, 0.717) is 24.9 Å². The highest BCUT2D eigenvalue weighted by atomic mass is 32.2. The van der Waals surface area contributed by atoms with Crippen LogP contribution in [0, 0.1) is 17.8 Å². The summed E-state index contributed by atoms with van der Waals surface area (Å²) in [5.74, 6) is 2.64. The van der Waals surface area contributed by atoms with Gasteiger partial charge in [0.2, 0.25) is 5.91 Å². The lowest BCUT2D eigenvalue weighted by molar-refractivity contribution is -0.122. The summed E-state index contributed by atoms with van der Waals surface area (Å²) in [7, 11) is 0. The van der Waals surface area contributed by atoms with Gasteiger partial charge in [0.05, 0.1) is 11.4 Å². The fourth-order valence-electron chi connectivity index (χ4n) is 5.57. The summed E-state index contributed by atoms with van der Waals surface area (Å²) in [6.07, 6.45) is 6.01. The molecule has 0 unspecified atom stereocenters. The first-order valence-electron chi connectivity index (χ1n) is 10.6. The summed E-state index contributed by atoms with van der Waals surface area (Å²) in [5, 5.41) is 3.32. The van der Waals surface area contributed by atoms with Gasteiger partial charge in [0, 0.05) is 28.8 Å². The van der Waals surface area contributed by atoms with Gasteiger partial charge in [-0.25, -0.2) is 0 Å². The lowest BCUT2D eigenvalue weighted by atomic mass is 9.84. The molecule has 0 aromatic heterocycles. The van der Waals surface area contributed by atoms with Crippen LogP contribution in [-0.2, 0) is 4.79 Å². The van der Waals surface area contributed by atoms with Gasteiger partial charge in [0.1, 0.15) is 0 Å². The third kappa shape index (κ3) is 3.32. The number of anilines is 2. The van der Waals surface area contributed by atoms with Crippen molar-refractivity contribution in [2.75, 3.05) is 11.4 Å². The van der Waals surface area contributed by atoms with Crippen molar-refractivity contribution in [3.05, 3.63) is 48.5 Å². The van der Waals surface area contributed by atoms with Crippen molar-refractivity contribution in [3.8, 4) is 0 Å². The Labute approximate surface area is 171 Å². The minimum Gasteiger partial charge on any atom is -0.353 e. The molecular weight excluding hydrogens is 364 g/mol. The zero-order chi connectivity index (χ0) is 19.1. The third-order valence-electron chi connectivity index (χ3n) is 6.92. The quantitative estimate of drug-likeness (QED) is 0.717. The van der Waals surface area contributed by atoms with Crippen molar-refractivity contribution in [2.45, 2.75) is 54.9 Å². The molecular formula is C24H28N2OS. The molecule has 1 aliphatic heterocycles. The largest absolute Gasteiger partial charge is 0.353 e. The van der Waals surface area contributed by atoms with E-state index in [9.17, 15) is 4.79 Å². The second-order valence-electron chi connectivity index (χ2n) is 8.63. The third-order valence-corrected chi connectivity index (χ3v) is 8.05. The van der Waals surface area contributed by atoms with E-state index in [-0.39, 0.29) is 5.91 Å². The van der Waals surface area contributed by atoms with Crippen LogP contribution in [-0.4, -0.2) is 18.5 Å². The molecule has 0 spiro atoms. The van der Waals surface area contributed by atoms with Crippen LogP contribution in [0.5, 0.6) is 0 Å². The van der Waals surface area contributed by atoms with Gasteiger partial charge in [-0.15, -0.1) is 0 Å². The minimum absolute atomic E-state index is 0.184. The van der Waals surface area contributed by atoms with E-state index in [2.05, 4.69) is 65.7 Å². The molecule has 4 atom stereocenters. The molecule has 2 aliphatic carbocycles. The van der Waals surface area contributed by atoms with Crippen LogP contribution in [0.3, 0.4) is 0 Å². The van der Waals surface area contributed by atoms with Crippen molar-refractivity contribution < 1.29 is 4.79 Å². The number of nitrogens with one attached hydrogen (secondary N) is 1. The summed E-state index contributed by atoms with van der Waals surface area (Å²) < 4.78 is 0. The molecule has 3 nitrogen and oxygen atoms in total. The van der Waals surface area contributed by atoms with E-state index in [1.165, 1.54) is 46.8 Å². The number of carbonyl (C=O) groups is 1. The molecule has 1 N–H and O–H groups in total. The average molecular weight is 393 g/mol. The van der Waals surface area contributed by atoms with Crippen molar-refractivity contribution in [1.29, 1.82) is 0 Å². The molecule has 146 valence electrons. The first-order chi connectivity index (χ1) is 13.7. The maximum absolute atomic E-state index is 12.7. The smallest absolute Gasteiger partial charge is 0.222 e. The second-order valence-corrected chi connectivity index (χ2v) is 9.72. The van der Waals surface area contributed by atoms with Gasteiger partial charge in [-0.05, 0) is 68.2 Å². The molecule has 5 rings (SSSR count). The molecule has 28 heavy (non-hydrogen) atoms. The van der Waals surface area contributed by atoms with E-state index < -0.39 is 0 Å². The number of rotatable bonds is 5. The fourth-order valence-corrected chi connectivity index (χ4v) is 6.67. The Morgan fingerprint density at radius 3 is 2.36 bits per heavy atom. The zero-order valence-electron chi connectivity index (χ0n) is 16.4. The number of nitrogens with zero attached hydrogens (tertiary/aromatic N) is 1. The molecule has 0 radical (unpaired) electrons. The van der Waals surface area contributed by atoms with Crippen molar-refractivity contribution >= 4 is 29.0 Å². The second kappa shape index (κ2) is 7.47. The number of hydrogen-bond donors (Lipinski definition) is 1. The number of benzene rings is 2. The van der Waals surface area contributed by atoms with Gasteiger partial charge in [0.25, 0.3) is 0 Å². The number of hydrogen-bond acceptors (Lipinski definition) is 3. The molecule has 3 aliphatic rings. The fraction of sp³-hybridized carbons (Fsp3) is 0.458. The predicted octanol–water partition coefficient (Wildman–Crippen LogP) is 5.62. The van der Waals surface area contributed by atoms with E-state index in [0.717, 1.165) is 11.8 Å². The van der Waals surface area contributed by atoms with Crippen molar-refractivity contribution in [2.24, 2.45) is 17.8 Å². The van der Waals surface area contributed by atoms with Gasteiger partial charge in [0.15, 0.2) is 0 Å². The Hall–Kier alpha value is -1.94. The monoisotopic (exact) mass is 392 g/mol. The minimum atomic E-state index is 0.184. The summed E-state index contributed by atoms with van der Waals surface area (Å²) in [5.41, 5.74) is 2.42. The van der Waals surface area contributed by atoms with Crippen molar-refractivity contribution in [3.63, 3.8) is 0 Å². The summed E-state index contributed by atoms with van der Waals surface area (Å²) in [4.78, 5) is 17.6. The van der Waals surface area contributed by atoms with Crippen LogP contribution < -0.4 is 10.2 Å². The lowest BCUT2D eigenvalue weighted by Crippen LogP contribution is -2.41. The molecule has 2 fully saturated rings. The maximum atomic E-state index is 12.7. The standard InChI is InChI=1S/C24H28N2OS/c1-16(19-15-17-10-11-18(19)14-17)25-24(27)12-13-26-20-6-2-4-8-22(20)28-23-9-5-3-7-21(23)26/h2-9,16-19H,10-15H2,1H3,(H,25,27)/t16-,17+,18+,19-/m1/s1. The Balaban J connectivity index is 1.26. The molecule has 2 bridgehead atoms. The summed E-state index contributed by atoms with van der Waals surface area (Å²) >= 11 is 1.81. The van der Waals surface area contributed by atoms with Crippen LogP contribution >= 0.6 is 11.8 Å². The molecule has 1 heterocycles. The highest BCUT2D eigenvalue weighted by Gasteiger charge is 2.42. The van der Waals surface area contributed by atoms with Gasteiger partial charge < -0.3 is 10.2 Å². The Kier molecular flexibility index (Phi) is 4.83. The maximum Gasteiger partial charge on any atom is 0.222 e. The van der Waals surface area contributed by atoms with Crippen LogP contribution in [0.4, 0.5) is 11.4 Å². The zero-order valence-corrected chi connectivity index (χ0v) is 17.3. The molecule has 2 saturated carbocycles. The van der Waals surface area contributed by atoms with Gasteiger partial charge in [-0.1, -0.05) is 42.4 Å². The lowest BCUT2D eigenvalue weighted by Gasteiger charge is -2.33. The first kappa shape index (κ1) is 18.1. The first-order valence-corrected chi connectivity index (χ1v) is 11.4. The van der Waals surface area contributed by atoms with E-state index in [4.69, 9.17) is 0 Å². The van der Waals surface area contributed by atoms with E-state index in [1.807, 2.05) is 11.8 Å². The van der Waals surface area contributed by atoms with E-state index >= 15 is 0 Å². The SMILES string of the molecule is C[C@@H](NC(=O)CCN1c2ccccc2Sc2ccccc21)[C@H]1C[C@H]2CC[C@H]1C2. The van der Waals surface area contributed by atoms with Crippen LogP contribution in [0.25, 0.3) is 0 Å². The van der Waals surface area contributed by atoms with Gasteiger partial charge in [-0.2, -0.15) is 0 Å². The van der Waals surface area contributed by atoms with Crippen LogP contribution in [0.1, 0.15) is 39.0 Å². The van der Waals surface area contributed by atoms with E-state index in [1.54, 1.807) is 0 Å². The predicted molar refractivity (Wildman–Crippen MR) is 115 cm³/mol. The number of fused-ring (bicyclic) bond motifs is 4. The average Bonchev–Trinajstić information content (AvgIpc) is 3.35. The Bertz CT molecular complexity index is 837. The van der Waals surface area contributed by atoms with Gasteiger partial charge in [-0.3, -0.25) is 4.79 Å². The topological polar surface area (TPSA) is 32.3 Å². The Morgan fingerprint density at radius 1 is 1.07 bits per heavy atom. The summed E-state index contributed by atoms with van der Waals surface area (Å²) in [6.45, 7) is 2.93. The number of amides is 1. The molecule has 0 saturated heterocycles. The van der Waals surface area contributed by atoms with Gasteiger partial charge >= 0.3 is 0 Å². The van der Waals surface area contributed by atoms with Crippen LogP contribution in [0.2, 0.25) is 0 Å². The molecule has 1 amide bonds. The van der Waals surface area contributed by atoms with Crippen LogP contribution in [0.15, 0.2) is 58.3 Å². The highest BCUT2D eigenvalue weighted by Crippen LogP contribution is 2.50. The molecule has 2 aromatic carbocycles. The molecule has 2 aromatic rings. The van der Waals surface area contributed by atoms with Crippen molar-refractivity contribution in [1.82, 2.24) is 5.32 Å². The number of carbonyl (C=O) groups excluding carboxylic acids is 1. The molecule has 4 heteroatoms. The summed E-state index contributed by atoms with van der Waals surface area (Å²) in [6, 6.07) is 17.3. The highest BCUT2D eigenvalue weighted by molar-refractivity contribution is 7.99.